The van der Waals surface area contributed by atoms with E-state index in [9.17, 15) is 13.2 Å². The number of anilines is 1. The molecule has 0 bridgehead atoms. The van der Waals surface area contributed by atoms with Gasteiger partial charge in [-0.05, 0) is 48.7 Å². The summed E-state index contributed by atoms with van der Waals surface area (Å²) in [5, 5.41) is 0.793. The number of rotatable bonds is 7. The first-order valence-electron chi connectivity index (χ1n) is 10.2. The lowest BCUT2D eigenvalue weighted by atomic mass is 9.96. The smallest absolute Gasteiger partial charge is 0.340 e. The van der Waals surface area contributed by atoms with Gasteiger partial charge in [0, 0.05) is 49.9 Å². The minimum atomic E-state index is -3.65. The topological polar surface area (TPSA) is 115 Å². The highest BCUT2D eigenvalue weighted by Crippen LogP contribution is 2.28. The zero-order valence-corrected chi connectivity index (χ0v) is 19.5. The molecule has 172 valence electrons. The lowest BCUT2D eigenvalue weighted by Gasteiger charge is -2.14. The molecule has 2 heterocycles. The highest BCUT2D eigenvalue weighted by Gasteiger charge is 2.16. The fraction of sp³-hybridized carbons (Fsp3) is 0.217. The number of aryl methyl sites for hydroxylation is 2. The molecule has 0 fully saturated rings. The number of nitrogens with one attached hydrogen (secondary N) is 2. The molecule has 0 aliphatic carbocycles. The Hall–Kier alpha value is -3.63. The summed E-state index contributed by atoms with van der Waals surface area (Å²) in [6.07, 6.45) is 3.71. The average Bonchev–Trinajstić information content (AvgIpc) is 3.17. The predicted molar refractivity (Wildman–Crippen MR) is 126 cm³/mol. The summed E-state index contributed by atoms with van der Waals surface area (Å²) >= 11 is 0. The van der Waals surface area contributed by atoms with Crippen molar-refractivity contribution in [3.8, 4) is 11.8 Å². The molecule has 0 aliphatic heterocycles. The average molecular weight is 469 g/mol. The van der Waals surface area contributed by atoms with Crippen molar-refractivity contribution in [3.63, 3.8) is 0 Å². The second-order valence-electron chi connectivity index (χ2n) is 7.65. The van der Waals surface area contributed by atoms with Crippen LogP contribution in [0.5, 0.6) is 11.8 Å². The van der Waals surface area contributed by atoms with Crippen molar-refractivity contribution in [3.05, 3.63) is 81.5 Å². The van der Waals surface area contributed by atoms with Crippen molar-refractivity contribution in [1.82, 2.24) is 14.3 Å². The van der Waals surface area contributed by atoms with Crippen molar-refractivity contribution >= 4 is 26.9 Å². The van der Waals surface area contributed by atoms with Crippen LogP contribution in [0.1, 0.15) is 22.3 Å². The van der Waals surface area contributed by atoms with E-state index in [1.165, 1.54) is 7.05 Å². The van der Waals surface area contributed by atoms with Crippen molar-refractivity contribution in [2.75, 3.05) is 11.8 Å². The first-order chi connectivity index (χ1) is 15.7. The van der Waals surface area contributed by atoms with Crippen LogP contribution in [0.2, 0.25) is 0 Å². The minimum Gasteiger partial charge on any atom is -0.425 e. The van der Waals surface area contributed by atoms with Crippen LogP contribution in [0.25, 0.3) is 11.0 Å². The number of nitrogens with zero attached hydrogens (tertiary/aromatic N) is 2. The fourth-order valence-electron chi connectivity index (χ4n) is 3.57. The standard InChI is InChI=1S/C23H24N4O5S/c1-14-16(6-5-7-20(14)26-33(29,30)24-3)12-19-15(2)18-9-8-17(13-21(18)32-22(19)28)31-23-25-10-11-27(23)4/h5-11,13,24,26H,12H2,1-4H3. The lowest BCUT2D eigenvalue weighted by Crippen LogP contribution is -2.26. The van der Waals surface area contributed by atoms with Gasteiger partial charge in [0.25, 0.3) is 10.2 Å². The Kier molecular flexibility index (Phi) is 5.96. The van der Waals surface area contributed by atoms with Crippen LogP contribution >= 0.6 is 0 Å². The summed E-state index contributed by atoms with van der Waals surface area (Å²) in [6.45, 7) is 3.68. The quantitative estimate of drug-likeness (QED) is 0.402. The molecule has 0 radical (unpaired) electrons. The van der Waals surface area contributed by atoms with Crippen molar-refractivity contribution in [2.45, 2.75) is 20.3 Å². The molecular formula is C23H24N4O5S. The third-order valence-corrected chi connectivity index (χ3v) is 6.60. The molecule has 2 aromatic carbocycles. The molecule has 0 saturated heterocycles. The summed E-state index contributed by atoms with van der Waals surface area (Å²) in [6, 6.07) is 11.0. The highest BCUT2D eigenvalue weighted by molar-refractivity contribution is 7.90. The van der Waals surface area contributed by atoms with Gasteiger partial charge in [-0.1, -0.05) is 12.1 Å². The zero-order chi connectivity index (χ0) is 23.8. The molecule has 0 spiro atoms. The largest absolute Gasteiger partial charge is 0.425 e. The molecule has 9 nitrogen and oxygen atoms in total. The van der Waals surface area contributed by atoms with Crippen LogP contribution in [-0.2, 0) is 23.7 Å². The van der Waals surface area contributed by atoms with E-state index in [1.54, 1.807) is 41.2 Å². The van der Waals surface area contributed by atoms with Gasteiger partial charge in [-0.3, -0.25) is 4.72 Å². The molecule has 2 aromatic heterocycles. The molecule has 0 aliphatic rings. The Morgan fingerprint density at radius 1 is 1.15 bits per heavy atom. The molecule has 0 unspecified atom stereocenters. The number of benzene rings is 2. The monoisotopic (exact) mass is 468 g/mol. The number of fused-ring (bicyclic) bond motifs is 1. The fourth-order valence-corrected chi connectivity index (χ4v) is 4.18. The van der Waals surface area contributed by atoms with Crippen LogP contribution in [0.3, 0.4) is 0 Å². The van der Waals surface area contributed by atoms with Crippen LogP contribution in [-0.4, -0.2) is 25.0 Å². The molecule has 33 heavy (non-hydrogen) atoms. The molecule has 2 N–H and O–H groups in total. The van der Waals surface area contributed by atoms with Gasteiger partial charge >= 0.3 is 11.6 Å². The van der Waals surface area contributed by atoms with Crippen LogP contribution < -0.4 is 19.8 Å². The van der Waals surface area contributed by atoms with Crippen molar-refractivity contribution in [1.29, 1.82) is 0 Å². The van der Waals surface area contributed by atoms with E-state index in [4.69, 9.17) is 9.15 Å². The number of aromatic nitrogens is 2. The summed E-state index contributed by atoms with van der Waals surface area (Å²) < 4.78 is 41.6. The van der Waals surface area contributed by atoms with Crippen molar-refractivity contribution < 1.29 is 17.6 Å². The van der Waals surface area contributed by atoms with Crippen molar-refractivity contribution in [2.24, 2.45) is 7.05 Å². The normalized spacial score (nSPS) is 11.6. The van der Waals surface area contributed by atoms with Crippen LogP contribution in [0.15, 0.2) is 58.0 Å². The number of hydrogen-bond donors (Lipinski definition) is 2. The second kappa shape index (κ2) is 8.72. The van der Waals surface area contributed by atoms with Gasteiger partial charge < -0.3 is 13.7 Å². The van der Waals surface area contributed by atoms with Gasteiger partial charge in [-0.25, -0.2) is 14.5 Å². The Bertz CT molecular complexity index is 1510. The van der Waals surface area contributed by atoms with Crippen LogP contribution in [0.4, 0.5) is 5.69 Å². The highest BCUT2D eigenvalue weighted by atomic mass is 32.2. The molecule has 0 saturated carbocycles. The molecule has 0 atom stereocenters. The van der Waals surface area contributed by atoms with Crippen LogP contribution in [0, 0.1) is 13.8 Å². The maximum atomic E-state index is 12.9. The van der Waals surface area contributed by atoms with E-state index in [-0.39, 0.29) is 0 Å². The summed E-state index contributed by atoms with van der Waals surface area (Å²) in [4.78, 5) is 17.0. The van der Waals surface area contributed by atoms with E-state index in [0.29, 0.717) is 35.0 Å². The lowest BCUT2D eigenvalue weighted by molar-refractivity contribution is 0.424. The number of hydrogen-bond acceptors (Lipinski definition) is 6. The van der Waals surface area contributed by atoms with E-state index in [1.807, 2.05) is 33.0 Å². The van der Waals surface area contributed by atoms with Gasteiger partial charge in [-0.2, -0.15) is 8.42 Å². The zero-order valence-electron chi connectivity index (χ0n) is 18.7. The Morgan fingerprint density at radius 3 is 2.64 bits per heavy atom. The van der Waals surface area contributed by atoms with E-state index < -0.39 is 15.8 Å². The Balaban J connectivity index is 1.69. The molecular weight excluding hydrogens is 444 g/mol. The van der Waals surface area contributed by atoms with Gasteiger partial charge in [-0.15, -0.1) is 0 Å². The SMILES string of the molecule is CNS(=O)(=O)Nc1cccc(Cc2c(C)c3ccc(Oc4nccn4C)cc3oc2=O)c1C. The van der Waals surface area contributed by atoms with E-state index >= 15 is 0 Å². The first kappa shape index (κ1) is 22.6. The maximum Gasteiger partial charge on any atom is 0.340 e. The van der Waals surface area contributed by atoms with Gasteiger partial charge in [0.15, 0.2) is 0 Å². The molecule has 4 aromatic rings. The minimum absolute atomic E-state index is 0.302. The third kappa shape index (κ3) is 4.62. The summed E-state index contributed by atoms with van der Waals surface area (Å²) in [7, 11) is -0.502. The van der Waals surface area contributed by atoms with E-state index in [2.05, 4.69) is 14.4 Å². The Labute approximate surface area is 191 Å². The van der Waals surface area contributed by atoms with Gasteiger partial charge in [0.05, 0.1) is 5.69 Å². The van der Waals surface area contributed by atoms with Gasteiger partial charge in [0.1, 0.15) is 11.3 Å². The molecule has 10 heteroatoms. The summed E-state index contributed by atoms with van der Waals surface area (Å²) in [5.74, 6) is 0.507. The summed E-state index contributed by atoms with van der Waals surface area (Å²) in [5.41, 5.74) is 3.27. The number of imidazole rings is 1. The molecule has 0 amide bonds. The number of ether oxygens (including phenoxy) is 1. The van der Waals surface area contributed by atoms with Gasteiger partial charge in [0.2, 0.25) is 0 Å². The maximum absolute atomic E-state index is 12.9. The Morgan fingerprint density at radius 2 is 1.94 bits per heavy atom. The second-order valence-corrected chi connectivity index (χ2v) is 9.27. The van der Waals surface area contributed by atoms with E-state index in [0.717, 1.165) is 22.1 Å². The molecule has 4 rings (SSSR count). The third-order valence-electron chi connectivity index (χ3n) is 5.57. The first-order valence-corrected chi connectivity index (χ1v) is 11.7. The predicted octanol–water partition coefficient (Wildman–Crippen LogP) is 3.40.